The van der Waals surface area contributed by atoms with E-state index in [1.807, 2.05) is 0 Å². The van der Waals surface area contributed by atoms with Crippen LogP contribution in [0.5, 0.6) is 0 Å². The summed E-state index contributed by atoms with van der Waals surface area (Å²) < 4.78 is 27.4. The molecule has 2 rings (SSSR count). The van der Waals surface area contributed by atoms with Crippen molar-refractivity contribution < 1.29 is 8.78 Å². The van der Waals surface area contributed by atoms with Crippen molar-refractivity contribution >= 4 is 34.2 Å². The van der Waals surface area contributed by atoms with Gasteiger partial charge in [0.25, 0.3) is 0 Å². The van der Waals surface area contributed by atoms with Gasteiger partial charge in [-0.25, -0.2) is 8.78 Å². The summed E-state index contributed by atoms with van der Waals surface area (Å²) in [6.45, 7) is 0.110. The number of aromatic amines is 1. The summed E-state index contributed by atoms with van der Waals surface area (Å²) in [7, 11) is 0. The second kappa shape index (κ2) is 5.45. The van der Waals surface area contributed by atoms with E-state index in [-0.39, 0.29) is 27.7 Å². The average molecular weight is 301 g/mol. The van der Waals surface area contributed by atoms with Crippen molar-refractivity contribution in [2.24, 2.45) is 5.73 Å². The molecule has 0 unspecified atom stereocenters. The van der Waals surface area contributed by atoms with Gasteiger partial charge in [-0.15, -0.1) is 0 Å². The molecule has 0 amide bonds. The Labute approximate surface area is 116 Å². The number of benzene rings is 1. The molecular formula is C11H9F2N3OS2. The van der Waals surface area contributed by atoms with Crippen LogP contribution >= 0.6 is 23.6 Å². The van der Waals surface area contributed by atoms with Crippen LogP contribution in [0.4, 0.5) is 14.5 Å². The van der Waals surface area contributed by atoms with Crippen molar-refractivity contribution in [1.29, 1.82) is 0 Å². The number of thiocarbonyl (C=S) groups is 1. The third kappa shape index (κ3) is 3.15. The number of hydrogen-bond acceptors (Lipinski definition) is 4. The van der Waals surface area contributed by atoms with E-state index in [2.05, 4.69) is 22.5 Å². The van der Waals surface area contributed by atoms with E-state index in [9.17, 15) is 13.6 Å². The molecule has 0 aliphatic rings. The van der Waals surface area contributed by atoms with E-state index in [1.165, 1.54) is 0 Å². The van der Waals surface area contributed by atoms with E-state index in [4.69, 9.17) is 5.73 Å². The van der Waals surface area contributed by atoms with Gasteiger partial charge in [-0.1, -0.05) is 23.6 Å². The van der Waals surface area contributed by atoms with Crippen LogP contribution in [0.15, 0.2) is 22.3 Å². The molecule has 4 N–H and O–H groups in total. The summed E-state index contributed by atoms with van der Waals surface area (Å²) in [5.41, 5.74) is 5.70. The van der Waals surface area contributed by atoms with Gasteiger partial charge in [0.05, 0.1) is 6.54 Å². The van der Waals surface area contributed by atoms with Crippen molar-refractivity contribution in [3.63, 3.8) is 0 Å². The number of anilines is 1. The smallest absolute Gasteiger partial charge is 0.304 e. The molecule has 0 aliphatic heterocycles. The molecule has 2 aromatic rings. The van der Waals surface area contributed by atoms with Crippen molar-refractivity contribution in [3.05, 3.63) is 50.1 Å². The van der Waals surface area contributed by atoms with Crippen LogP contribution in [0, 0.1) is 11.6 Å². The molecule has 0 fully saturated rings. The summed E-state index contributed by atoms with van der Waals surface area (Å²) in [5.74, 6) is -1.58. The van der Waals surface area contributed by atoms with Crippen molar-refractivity contribution in [2.45, 2.75) is 6.54 Å². The Hall–Kier alpha value is -1.80. The molecule has 1 aromatic carbocycles. The van der Waals surface area contributed by atoms with Crippen LogP contribution < -0.4 is 15.9 Å². The van der Waals surface area contributed by atoms with E-state index in [1.54, 1.807) is 5.38 Å². The number of nitrogens with two attached hydrogens (primary N) is 1. The fraction of sp³-hybridized carbons (Fsp3) is 0.0909. The average Bonchev–Trinajstić information content (AvgIpc) is 2.73. The molecule has 0 saturated carbocycles. The van der Waals surface area contributed by atoms with Gasteiger partial charge in [0.15, 0.2) is 0 Å². The normalized spacial score (nSPS) is 10.4. The lowest BCUT2D eigenvalue weighted by Gasteiger charge is -2.09. The molecule has 0 aliphatic carbocycles. The van der Waals surface area contributed by atoms with Gasteiger partial charge < -0.3 is 16.0 Å². The van der Waals surface area contributed by atoms with E-state index in [0.29, 0.717) is 5.69 Å². The number of aromatic nitrogens is 1. The first kappa shape index (κ1) is 13.6. The maximum atomic E-state index is 13.7. The Balaban J connectivity index is 2.21. The van der Waals surface area contributed by atoms with Crippen molar-refractivity contribution in [2.75, 3.05) is 5.32 Å². The fourth-order valence-electron chi connectivity index (χ4n) is 1.47. The van der Waals surface area contributed by atoms with E-state index in [0.717, 1.165) is 23.5 Å². The monoisotopic (exact) mass is 301 g/mol. The molecule has 0 saturated heterocycles. The lowest BCUT2D eigenvalue weighted by Crippen LogP contribution is -2.12. The van der Waals surface area contributed by atoms with Crippen LogP contribution in [0.25, 0.3) is 0 Å². The van der Waals surface area contributed by atoms with Gasteiger partial charge >= 0.3 is 4.87 Å². The molecule has 0 atom stereocenters. The summed E-state index contributed by atoms with van der Waals surface area (Å²) in [4.78, 5) is 13.1. The summed E-state index contributed by atoms with van der Waals surface area (Å²) >= 11 is 5.64. The van der Waals surface area contributed by atoms with Gasteiger partial charge in [-0.3, -0.25) is 4.79 Å². The van der Waals surface area contributed by atoms with Gasteiger partial charge in [0, 0.05) is 16.6 Å². The third-order valence-electron chi connectivity index (χ3n) is 2.35. The number of rotatable bonds is 4. The van der Waals surface area contributed by atoms with Crippen LogP contribution in [0.3, 0.4) is 0 Å². The first-order valence-corrected chi connectivity index (χ1v) is 6.45. The highest BCUT2D eigenvalue weighted by atomic mass is 32.1. The van der Waals surface area contributed by atoms with Crippen LogP contribution in [0.1, 0.15) is 11.3 Å². The highest BCUT2D eigenvalue weighted by Gasteiger charge is 2.12. The van der Waals surface area contributed by atoms with Gasteiger partial charge in [-0.05, 0) is 12.1 Å². The third-order valence-corrected chi connectivity index (χ3v) is 3.31. The molecule has 1 aromatic heterocycles. The van der Waals surface area contributed by atoms with Crippen molar-refractivity contribution in [1.82, 2.24) is 4.98 Å². The fourth-order valence-corrected chi connectivity index (χ4v) is 2.17. The standard InChI is InChI=1S/C11H9F2N3OS2/c12-7-1-5(10(14)18)2-8(13)9(7)15-3-6-4-19-11(17)16-6/h1-2,4,15H,3H2,(H2,14,18)(H,16,17). The van der Waals surface area contributed by atoms with E-state index < -0.39 is 11.6 Å². The minimum Gasteiger partial charge on any atom is -0.389 e. The lowest BCUT2D eigenvalue weighted by molar-refractivity contribution is 0.587. The number of halogens is 2. The van der Waals surface area contributed by atoms with Crippen LogP contribution in [-0.2, 0) is 6.54 Å². The van der Waals surface area contributed by atoms with Gasteiger partial charge in [0.2, 0.25) is 0 Å². The Kier molecular flexibility index (Phi) is 3.91. The maximum absolute atomic E-state index is 13.7. The molecular weight excluding hydrogens is 292 g/mol. The molecule has 0 bridgehead atoms. The largest absolute Gasteiger partial charge is 0.389 e. The first-order valence-electron chi connectivity index (χ1n) is 5.17. The molecule has 0 radical (unpaired) electrons. The van der Waals surface area contributed by atoms with Crippen molar-refractivity contribution in [3.8, 4) is 0 Å². The summed E-state index contributed by atoms with van der Waals surface area (Å²) in [5, 5.41) is 4.16. The van der Waals surface area contributed by atoms with Gasteiger partial charge in [0.1, 0.15) is 22.3 Å². The zero-order valence-corrected chi connectivity index (χ0v) is 11.1. The van der Waals surface area contributed by atoms with E-state index >= 15 is 0 Å². The Morgan fingerprint density at radius 2 is 2.05 bits per heavy atom. The predicted molar refractivity (Wildman–Crippen MR) is 74.5 cm³/mol. The minimum atomic E-state index is -0.791. The molecule has 8 heteroatoms. The zero-order chi connectivity index (χ0) is 14.0. The second-order valence-corrected chi connectivity index (χ2v) is 4.99. The Bertz CT molecular complexity index is 658. The number of thiazole rings is 1. The molecule has 1 heterocycles. The molecule has 100 valence electrons. The number of nitrogens with one attached hydrogen (secondary N) is 2. The Morgan fingerprint density at radius 1 is 1.42 bits per heavy atom. The second-order valence-electron chi connectivity index (χ2n) is 3.71. The summed E-state index contributed by atoms with van der Waals surface area (Å²) in [6, 6.07) is 2.12. The molecule has 4 nitrogen and oxygen atoms in total. The van der Waals surface area contributed by atoms with Crippen LogP contribution in [0.2, 0.25) is 0 Å². The van der Waals surface area contributed by atoms with Gasteiger partial charge in [-0.2, -0.15) is 0 Å². The highest BCUT2D eigenvalue weighted by molar-refractivity contribution is 7.80. The van der Waals surface area contributed by atoms with Crippen LogP contribution in [-0.4, -0.2) is 9.97 Å². The summed E-state index contributed by atoms with van der Waals surface area (Å²) in [6.07, 6.45) is 0. The molecule has 0 spiro atoms. The maximum Gasteiger partial charge on any atom is 0.304 e. The first-order chi connectivity index (χ1) is 8.97. The number of hydrogen-bond donors (Lipinski definition) is 3. The Morgan fingerprint density at radius 3 is 2.53 bits per heavy atom. The quantitative estimate of drug-likeness (QED) is 0.755. The zero-order valence-electron chi connectivity index (χ0n) is 9.50. The molecule has 19 heavy (non-hydrogen) atoms. The highest BCUT2D eigenvalue weighted by Crippen LogP contribution is 2.21. The topological polar surface area (TPSA) is 70.9 Å². The lowest BCUT2D eigenvalue weighted by atomic mass is 10.2. The minimum absolute atomic E-state index is 0.0773. The predicted octanol–water partition coefficient (Wildman–Crippen LogP) is 1.96. The SMILES string of the molecule is NC(=S)c1cc(F)c(NCc2csc(=O)[nH]2)c(F)c1. The number of H-pyrrole nitrogens is 1.